The largest absolute Gasteiger partial charge is 0.494 e. The molecule has 35 heavy (non-hydrogen) atoms. The number of benzene rings is 2. The van der Waals surface area contributed by atoms with Gasteiger partial charge in [-0.2, -0.15) is 0 Å². The van der Waals surface area contributed by atoms with Gasteiger partial charge in [-0.1, -0.05) is 56.6 Å². The smallest absolute Gasteiger partial charge is 0.188 e. The Morgan fingerprint density at radius 1 is 1.06 bits per heavy atom. The molecule has 3 rings (SSSR count). The Balaban J connectivity index is 1.79. The fourth-order valence-corrected chi connectivity index (χ4v) is 5.47. The molecule has 1 heterocycles. The topological polar surface area (TPSA) is 79.2 Å². The number of ether oxygens (including phenoxy) is 2. The van der Waals surface area contributed by atoms with Crippen LogP contribution in [0.1, 0.15) is 63.3 Å². The lowest BCUT2D eigenvalue weighted by molar-refractivity contribution is -0.200. The molecule has 194 valence electrons. The zero-order chi connectivity index (χ0) is 26.0. The molecule has 1 saturated heterocycles. The summed E-state index contributed by atoms with van der Waals surface area (Å²) < 4.78 is 12.0. The van der Waals surface area contributed by atoms with E-state index in [0.29, 0.717) is 30.9 Å². The summed E-state index contributed by atoms with van der Waals surface area (Å²) in [7, 11) is -2.38. The van der Waals surface area contributed by atoms with Crippen LogP contribution in [0, 0.1) is 5.92 Å². The van der Waals surface area contributed by atoms with Gasteiger partial charge < -0.3 is 24.5 Å². The fraction of sp³-hybridized carbons (Fsp3) is 0.571. The highest BCUT2D eigenvalue weighted by atomic mass is 35.5. The highest BCUT2D eigenvalue weighted by Crippen LogP contribution is 2.44. The van der Waals surface area contributed by atoms with E-state index >= 15 is 0 Å². The monoisotopic (exact) mass is 520 g/mol. The quantitative estimate of drug-likeness (QED) is 0.359. The average Bonchev–Trinajstić information content (AvgIpc) is 2.79. The van der Waals surface area contributed by atoms with E-state index in [1.165, 1.54) is 0 Å². The third kappa shape index (κ3) is 6.67. The first kappa shape index (κ1) is 28.2. The number of rotatable bonds is 9. The van der Waals surface area contributed by atoms with Crippen molar-refractivity contribution in [2.24, 2.45) is 5.92 Å². The van der Waals surface area contributed by atoms with E-state index in [9.17, 15) is 15.0 Å². The molecular weight excluding hydrogens is 480 g/mol. The summed E-state index contributed by atoms with van der Waals surface area (Å²) in [6, 6.07) is 13.9. The summed E-state index contributed by atoms with van der Waals surface area (Å²) in [4.78, 5) is 10.7. The number of aliphatic hydroxyl groups excluding tert-OH is 2. The Morgan fingerprint density at radius 2 is 1.71 bits per heavy atom. The van der Waals surface area contributed by atoms with Crippen LogP contribution in [0.15, 0.2) is 42.5 Å². The van der Waals surface area contributed by atoms with Crippen LogP contribution < -0.4 is 4.74 Å². The molecule has 0 aliphatic carbocycles. The van der Waals surface area contributed by atoms with Crippen LogP contribution >= 0.6 is 11.6 Å². The molecule has 2 aromatic carbocycles. The van der Waals surface area contributed by atoms with Gasteiger partial charge in [0.1, 0.15) is 11.9 Å². The highest BCUT2D eigenvalue weighted by molar-refractivity contribution is 6.72. The molecule has 0 aromatic heterocycles. The number of halogens is 1. The van der Waals surface area contributed by atoms with E-state index in [-0.39, 0.29) is 17.1 Å². The SMILES string of the molecule is CCOc1ccc(Cc2cc(C3OC(CCC(C)(C)[Si](C)(C)O)C(O)C(O)C3C)ccc2Cl)cc1. The van der Waals surface area contributed by atoms with Gasteiger partial charge in [0.05, 0.1) is 24.9 Å². The van der Waals surface area contributed by atoms with Gasteiger partial charge in [0.25, 0.3) is 0 Å². The van der Waals surface area contributed by atoms with E-state index in [1.807, 2.05) is 63.3 Å². The summed E-state index contributed by atoms with van der Waals surface area (Å²) in [5, 5.41) is 22.1. The van der Waals surface area contributed by atoms with Gasteiger partial charge in [0.2, 0.25) is 0 Å². The minimum atomic E-state index is -2.38. The summed E-state index contributed by atoms with van der Waals surface area (Å²) in [6.07, 6.45) is -0.786. The number of hydrogen-bond acceptors (Lipinski definition) is 5. The van der Waals surface area contributed by atoms with Crippen LogP contribution in [0.2, 0.25) is 23.2 Å². The van der Waals surface area contributed by atoms with Crippen molar-refractivity contribution in [3.8, 4) is 5.75 Å². The van der Waals surface area contributed by atoms with Crippen molar-refractivity contribution in [1.29, 1.82) is 0 Å². The highest BCUT2D eigenvalue weighted by Gasteiger charge is 2.44. The van der Waals surface area contributed by atoms with Crippen molar-refractivity contribution in [3.05, 3.63) is 64.2 Å². The third-order valence-electron chi connectivity index (χ3n) is 7.81. The maximum Gasteiger partial charge on any atom is 0.188 e. The van der Waals surface area contributed by atoms with Gasteiger partial charge in [0.15, 0.2) is 8.32 Å². The predicted molar refractivity (Wildman–Crippen MR) is 144 cm³/mol. The Hall–Kier alpha value is -1.41. The summed E-state index contributed by atoms with van der Waals surface area (Å²) in [5.41, 5.74) is 3.04. The Morgan fingerprint density at radius 3 is 2.31 bits per heavy atom. The van der Waals surface area contributed by atoms with Gasteiger partial charge in [0, 0.05) is 10.9 Å². The molecule has 0 spiro atoms. The molecule has 0 bridgehead atoms. The Labute approximate surface area is 216 Å². The standard InChI is InChI=1S/C28H41ClO5Si/c1-7-33-22-11-8-19(9-12-22)16-21-17-20(10-13-23(21)29)27-18(2)25(30)26(31)24(34-27)14-15-28(3,4)35(5,6)32/h8-13,17-18,24-27,30-32H,7,14-16H2,1-6H3. The first-order valence-corrected chi connectivity index (χ1v) is 15.9. The van der Waals surface area contributed by atoms with Crippen LogP contribution in [0.25, 0.3) is 0 Å². The van der Waals surface area contributed by atoms with E-state index < -0.39 is 26.6 Å². The van der Waals surface area contributed by atoms with Crippen LogP contribution in [0.4, 0.5) is 0 Å². The minimum Gasteiger partial charge on any atom is -0.494 e. The van der Waals surface area contributed by atoms with Crippen molar-refractivity contribution in [2.75, 3.05) is 6.61 Å². The molecule has 1 aliphatic rings. The molecule has 2 aromatic rings. The van der Waals surface area contributed by atoms with Gasteiger partial charge in [-0.3, -0.25) is 0 Å². The van der Waals surface area contributed by atoms with E-state index in [2.05, 4.69) is 19.9 Å². The number of aliphatic hydroxyl groups is 2. The lowest BCUT2D eigenvalue weighted by atomic mass is 9.83. The van der Waals surface area contributed by atoms with Crippen LogP contribution in [0.5, 0.6) is 5.75 Å². The van der Waals surface area contributed by atoms with Crippen molar-refractivity contribution in [2.45, 2.75) is 89.5 Å². The second-order valence-corrected chi connectivity index (χ2v) is 15.9. The van der Waals surface area contributed by atoms with Crippen LogP contribution in [-0.2, 0) is 11.2 Å². The van der Waals surface area contributed by atoms with Crippen LogP contribution in [0.3, 0.4) is 0 Å². The maximum absolute atomic E-state index is 10.9. The maximum atomic E-state index is 10.9. The molecule has 5 unspecified atom stereocenters. The zero-order valence-electron chi connectivity index (χ0n) is 21.8. The number of hydrogen-bond donors (Lipinski definition) is 3. The predicted octanol–water partition coefficient (Wildman–Crippen LogP) is 5.89. The Kier molecular flexibility index (Phi) is 9.11. The van der Waals surface area contributed by atoms with Gasteiger partial charge in [-0.05, 0) is 79.2 Å². The van der Waals surface area contributed by atoms with Crippen LogP contribution in [-0.4, -0.2) is 48.2 Å². The second-order valence-electron chi connectivity index (χ2n) is 11.0. The first-order valence-electron chi connectivity index (χ1n) is 12.6. The van der Waals surface area contributed by atoms with E-state index in [0.717, 1.165) is 22.4 Å². The lowest BCUT2D eigenvalue weighted by Crippen LogP contribution is -2.51. The van der Waals surface area contributed by atoms with Crippen molar-refractivity contribution in [1.82, 2.24) is 0 Å². The molecule has 0 saturated carbocycles. The summed E-state index contributed by atoms with van der Waals surface area (Å²) >= 11 is 6.55. The molecular formula is C28H41ClO5Si. The van der Waals surface area contributed by atoms with Crippen molar-refractivity contribution < 1.29 is 24.5 Å². The molecule has 1 aliphatic heterocycles. The lowest BCUT2D eigenvalue weighted by Gasteiger charge is -2.44. The molecule has 7 heteroatoms. The van der Waals surface area contributed by atoms with Gasteiger partial charge >= 0.3 is 0 Å². The van der Waals surface area contributed by atoms with Crippen molar-refractivity contribution >= 4 is 19.9 Å². The average molecular weight is 521 g/mol. The molecule has 1 fully saturated rings. The fourth-order valence-electron chi connectivity index (χ4n) is 4.53. The first-order chi connectivity index (χ1) is 16.3. The van der Waals surface area contributed by atoms with Crippen molar-refractivity contribution in [3.63, 3.8) is 0 Å². The molecule has 5 atom stereocenters. The van der Waals surface area contributed by atoms with E-state index in [4.69, 9.17) is 21.1 Å². The molecule has 5 nitrogen and oxygen atoms in total. The molecule has 0 amide bonds. The summed E-state index contributed by atoms with van der Waals surface area (Å²) in [6.45, 7) is 12.5. The van der Waals surface area contributed by atoms with Gasteiger partial charge in [-0.15, -0.1) is 0 Å². The molecule has 0 radical (unpaired) electrons. The Bertz CT molecular complexity index is 972. The van der Waals surface area contributed by atoms with Gasteiger partial charge in [-0.25, -0.2) is 0 Å². The zero-order valence-corrected chi connectivity index (χ0v) is 23.5. The van der Waals surface area contributed by atoms with E-state index in [1.54, 1.807) is 0 Å². The summed E-state index contributed by atoms with van der Waals surface area (Å²) in [5.74, 6) is 0.562. The second kappa shape index (κ2) is 11.3. The third-order valence-corrected chi connectivity index (χ3v) is 11.7. The minimum absolute atomic E-state index is 0.231. The normalized spacial score (nSPS) is 25.5. The molecule has 3 N–H and O–H groups in total.